The average molecular weight is 661 g/mol. The molecule has 2 heterocycles. The van der Waals surface area contributed by atoms with Crippen LogP contribution in [0.3, 0.4) is 0 Å². The van der Waals surface area contributed by atoms with Crippen molar-refractivity contribution >= 4 is 59.8 Å². The minimum Gasteiger partial charge on any atom is -0.469 e. The Morgan fingerprint density at radius 1 is 0.978 bits per heavy atom. The zero-order valence-electron chi connectivity index (χ0n) is 25.8. The molecule has 3 rings (SSSR count). The van der Waals surface area contributed by atoms with Crippen molar-refractivity contribution in [2.75, 3.05) is 57.1 Å². The van der Waals surface area contributed by atoms with Crippen LogP contribution < -0.4 is 21.7 Å². The van der Waals surface area contributed by atoms with E-state index in [1.54, 1.807) is 30.5 Å². The van der Waals surface area contributed by atoms with Crippen LogP contribution >= 0.6 is 7.37 Å². The van der Waals surface area contributed by atoms with Gasteiger partial charge in [-0.3, -0.25) is 18.9 Å². The maximum absolute atomic E-state index is 13.0. The number of nitrogens with zero attached hydrogens (tertiary/aromatic N) is 5. The summed E-state index contributed by atoms with van der Waals surface area (Å²) in [6.07, 6.45) is 0.208. The first kappa shape index (κ1) is 35.6. The van der Waals surface area contributed by atoms with E-state index in [1.165, 1.54) is 7.11 Å². The standard InChI is InChI=1S/C28H37N8O9P/c1-36(14-18-13-31-24-22(32-18)23(29)34-28(30)35-24)19-8-5-16(6-9-19)25(38)33-20(27(40)45-4)11-12-46(41,42)15-17(26(39)44-3)7-10-21(37)43-2/h5-6,8-9,13,17,20H,7,10-12,14-15H2,1-4H3,(H,33,38)(H,41,42)(H4,29,30,31,34,35)/t17?,20-/m0/s1. The van der Waals surface area contributed by atoms with Crippen LogP contribution in [-0.4, -0.2) is 95.4 Å². The van der Waals surface area contributed by atoms with Gasteiger partial charge in [-0.15, -0.1) is 0 Å². The van der Waals surface area contributed by atoms with Crippen molar-refractivity contribution in [1.29, 1.82) is 0 Å². The highest BCUT2D eigenvalue weighted by Gasteiger charge is 2.32. The normalized spacial score (nSPS) is 13.6. The highest BCUT2D eigenvalue weighted by molar-refractivity contribution is 7.58. The highest BCUT2D eigenvalue weighted by Crippen LogP contribution is 2.44. The van der Waals surface area contributed by atoms with Crippen LogP contribution in [0.2, 0.25) is 0 Å². The SMILES string of the molecule is COC(=O)CCC(CP(=O)(O)CC[C@H](NC(=O)c1ccc(N(C)Cc2cnc3nc(N)nc(N)c3n2)cc1)C(=O)OC)C(=O)OC. The molecular weight excluding hydrogens is 623 g/mol. The molecular formula is C28H37N8O9P. The molecule has 0 radical (unpaired) electrons. The molecule has 3 aromatic rings. The fraction of sp³-hybridized carbons (Fsp3) is 0.429. The van der Waals surface area contributed by atoms with Crippen LogP contribution in [0.25, 0.3) is 11.2 Å². The fourth-order valence-electron chi connectivity index (χ4n) is 4.50. The Kier molecular flexibility index (Phi) is 12.3. The van der Waals surface area contributed by atoms with E-state index in [1.807, 2.05) is 11.9 Å². The topological polar surface area (TPSA) is 252 Å². The van der Waals surface area contributed by atoms with E-state index in [2.05, 4.69) is 30.0 Å². The third-order valence-corrected chi connectivity index (χ3v) is 8.96. The van der Waals surface area contributed by atoms with Crippen molar-refractivity contribution < 1.29 is 42.8 Å². The zero-order valence-corrected chi connectivity index (χ0v) is 26.7. The van der Waals surface area contributed by atoms with E-state index in [4.69, 9.17) is 20.9 Å². The number of hydrogen-bond donors (Lipinski definition) is 4. The number of benzene rings is 1. The van der Waals surface area contributed by atoms with Crippen molar-refractivity contribution in [3.8, 4) is 0 Å². The number of anilines is 3. The molecule has 6 N–H and O–H groups in total. The smallest absolute Gasteiger partial charge is 0.328 e. The van der Waals surface area contributed by atoms with Crippen LogP contribution in [0.5, 0.6) is 0 Å². The number of rotatable bonds is 15. The van der Waals surface area contributed by atoms with Crippen molar-refractivity contribution in [3.63, 3.8) is 0 Å². The lowest BCUT2D eigenvalue weighted by atomic mass is 10.1. The molecule has 17 nitrogen and oxygen atoms in total. The number of carbonyl (C=O) groups excluding carboxylic acids is 4. The largest absolute Gasteiger partial charge is 0.469 e. The van der Waals surface area contributed by atoms with Crippen molar-refractivity contribution in [2.45, 2.75) is 31.8 Å². The number of ether oxygens (including phenoxy) is 3. The maximum Gasteiger partial charge on any atom is 0.328 e. The first-order valence-corrected chi connectivity index (χ1v) is 16.0. The number of aromatic nitrogens is 4. The van der Waals surface area contributed by atoms with Crippen LogP contribution in [0.4, 0.5) is 17.5 Å². The molecule has 0 aliphatic heterocycles. The van der Waals surface area contributed by atoms with Gasteiger partial charge in [-0.2, -0.15) is 9.97 Å². The summed E-state index contributed by atoms with van der Waals surface area (Å²) in [7, 11) is 1.24. The highest BCUT2D eigenvalue weighted by atomic mass is 31.2. The Bertz CT molecular complexity index is 1620. The molecule has 0 aliphatic rings. The summed E-state index contributed by atoms with van der Waals surface area (Å²) in [5.41, 5.74) is 13.7. The van der Waals surface area contributed by atoms with Gasteiger partial charge < -0.3 is 40.8 Å². The van der Waals surface area contributed by atoms with E-state index in [9.17, 15) is 28.6 Å². The van der Waals surface area contributed by atoms with Crippen LogP contribution in [0.1, 0.15) is 35.3 Å². The maximum atomic E-state index is 13.0. The first-order chi connectivity index (χ1) is 21.8. The minimum atomic E-state index is -4.02. The van der Waals surface area contributed by atoms with Crippen molar-refractivity contribution in [1.82, 2.24) is 25.3 Å². The second-order valence-electron chi connectivity index (χ2n) is 10.3. The van der Waals surface area contributed by atoms with Gasteiger partial charge in [-0.1, -0.05) is 0 Å². The molecule has 0 bridgehead atoms. The van der Waals surface area contributed by atoms with E-state index in [-0.39, 0.29) is 42.2 Å². The Morgan fingerprint density at radius 3 is 2.28 bits per heavy atom. The molecule has 1 aromatic carbocycles. The Morgan fingerprint density at radius 2 is 1.65 bits per heavy atom. The van der Waals surface area contributed by atoms with Gasteiger partial charge in [0.05, 0.1) is 45.7 Å². The lowest BCUT2D eigenvalue weighted by Gasteiger charge is -2.21. The number of fused-ring (bicyclic) bond motifs is 1. The summed E-state index contributed by atoms with van der Waals surface area (Å²) in [5, 5.41) is 2.54. The van der Waals surface area contributed by atoms with Gasteiger partial charge in [-0.05, 0) is 37.1 Å². The molecule has 0 spiro atoms. The lowest BCUT2D eigenvalue weighted by Crippen LogP contribution is -2.42. The molecule has 2 aromatic heterocycles. The quantitative estimate of drug-likeness (QED) is 0.100. The predicted octanol–water partition coefficient (Wildman–Crippen LogP) is 0.895. The molecule has 18 heteroatoms. The molecule has 0 fully saturated rings. The molecule has 0 saturated carbocycles. The summed E-state index contributed by atoms with van der Waals surface area (Å²) >= 11 is 0. The van der Waals surface area contributed by atoms with Gasteiger partial charge >= 0.3 is 17.9 Å². The number of methoxy groups -OCH3 is 3. The summed E-state index contributed by atoms with van der Waals surface area (Å²) in [5.74, 6) is -3.69. The number of nitrogens with two attached hydrogens (primary N) is 2. The molecule has 2 unspecified atom stereocenters. The summed E-state index contributed by atoms with van der Waals surface area (Å²) in [6, 6.07) is 5.24. The number of amides is 1. The van der Waals surface area contributed by atoms with Gasteiger partial charge in [0.1, 0.15) is 6.04 Å². The average Bonchev–Trinajstić information content (AvgIpc) is 3.04. The first-order valence-electron chi connectivity index (χ1n) is 14.0. The molecule has 248 valence electrons. The summed E-state index contributed by atoms with van der Waals surface area (Å²) in [4.78, 5) is 78.2. The predicted molar refractivity (Wildman–Crippen MR) is 167 cm³/mol. The Hall–Kier alpha value is -4.89. The number of esters is 3. The van der Waals surface area contributed by atoms with Gasteiger partial charge in [-0.25, -0.2) is 14.8 Å². The third kappa shape index (κ3) is 9.81. The van der Waals surface area contributed by atoms with Crippen LogP contribution in [-0.2, 0) is 39.7 Å². The monoisotopic (exact) mass is 660 g/mol. The van der Waals surface area contributed by atoms with Gasteiger partial charge in [0.15, 0.2) is 17.0 Å². The number of hydrogen-bond acceptors (Lipinski definition) is 15. The van der Waals surface area contributed by atoms with Crippen LogP contribution in [0, 0.1) is 5.92 Å². The second kappa shape index (κ2) is 15.9. The summed E-state index contributed by atoms with van der Waals surface area (Å²) in [6.45, 7) is 0.337. The molecule has 46 heavy (non-hydrogen) atoms. The number of nitrogens with one attached hydrogen (secondary N) is 1. The van der Waals surface area contributed by atoms with Crippen LogP contribution in [0.15, 0.2) is 30.5 Å². The summed E-state index contributed by atoms with van der Waals surface area (Å²) < 4.78 is 27.1. The lowest BCUT2D eigenvalue weighted by molar-refractivity contribution is -0.146. The number of nitrogen functional groups attached to an aromatic ring is 2. The van der Waals surface area contributed by atoms with E-state index in [0.717, 1.165) is 19.9 Å². The van der Waals surface area contributed by atoms with Gasteiger partial charge in [0.2, 0.25) is 13.3 Å². The third-order valence-electron chi connectivity index (χ3n) is 6.99. The molecule has 0 saturated heterocycles. The van der Waals surface area contributed by atoms with Gasteiger partial charge in [0.25, 0.3) is 5.91 Å². The van der Waals surface area contributed by atoms with Crippen molar-refractivity contribution in [2.24, 2.45) is 5.92 Å². The zero-order chi connectivity index (χ0) is 34.0. The minimum absolute atomic E-state index is 0.00236. The molecule has 1 amide bonds. The Labute approximate surface area is 264 Å². The number of carbonyl (C=O) groups is 4. The fourth-order valence-corrected chi connectivity index (χ4v) is 6.37. The van der Waals surface area contributed by atoms with E-state index < -0.39 is 55.5 Å². The van der Waals surface area contributed by atoms with E-state index >= 15 is 0 Å². The van der Waals surface area contributed by atoms with Gasteiger partial charge in [0, 0.05) is 37.0 Å². The Balaban J connectivity index is 1.63. The molecule has 0 aliphatic carbocycles. The second-order valence-corrected chi connectivity index (χ2v) is 12.8. The van der Waals surface area contributed by atoms with Crippen molar-refractivity contribution in [3.05, 3.63) is 41.7 Å². The molecule has 3 atom stereocenters. The van der Waals surface area contributed by atoms with E-state index in [0.29, 0.717) is 17.8 Å².